The zero-order valence-electron chi connectivity index (χ0n) is 13.4. The van der Waals surface area contributed by atoms with Crippen LogP contribution in [0.3, 0.4) is 0 Å². The van der Waals surface area contributed by atoms with Gasteiger partial charge in [0, 0.05) is 11.0 Å². The van der Waals surface area contributed by atoms with E-state index in [1.807, 2.05) is 6.92 Å². The number of anilines is 2. The number of nitrogens with zero attached hydrogens (tertiary/aromatic N) is 2. The van der Waals surface area contributed by atoms with E-state index in [1.165, 1.54) is 0 Å². The minimum atomic E-state index is -0.319. The standard InChI is InChI=1S/C15H27N5O/c1-9-12(17-10-7-5-6-8-11(10)21)18-14(15(2,3)4)19-13(9)20-16/h10-11,21H,5-8,16H2,1-4H3,(H2,17,18,19,20). The summed E-state index contributed by atoms with van der Waals surface area (Å²) in [6, 6.07) is 0.0470. The molecule has 5 N–H and O–H groups in total. The van der Waals surface area contributed by atoms with Crippen molar-refractivity contribution in [2.45, 2.75) is 70.9 Å². The Balaban J connectivity index is 2.33. The number of aliphatic hydroxyl groups is 1. The summed E-state index contributed by atoms with van der Waals surface area (Å²) in [5, 5.41) is 13.5. The van der Waals surface area contributed by atoms with Crippen molar-refractivity contribution in [3.05, 3.63) is 11.4 Å². The van der Waals surface area contributed by atoms with E-state index in [-0.39, 0.29) is 17.6 Å². The zero-order chi connectivity index (χ0) is 15.6. The third kappa shape index (κ3) is 3.63. The molecule has 1 aromatic heterocycles. The van der Waals surface area contributed by atoms with E-state index >= 15 is 0 Å². The molecular weight excluding hydrogens is 266 g/mol. The van der Waals surface area contributed by atoms with Crippen LogP contribution < -0.4 is 16.6 Å². The van der Waals surface area contributed by atoms with Gasteiger partial charge < -0.3 is 15.8 Å². The highest BCUT2D eigenvalue weighted by Gasteiger charge is 2.26. The van der Waals surface area contributed by atoms with Crippen LogP contribution >= 0.6 is 0 Å². The van der Waals surface area contributed by atoms with Gasteiger partial charge in [0.1, 0.15) is 17.5 Å². The lowest BCUT2D eigenvalue weighted by Gasteiger charge is -2.30. The number of hydrazine groups is 1. The molecule has 0 spiro atoms. The molecule has 0 amide bonds. The van der Waals surface area contributed by atoms with Crippen LogP contribution in [0.15, 0.2) is 0 Å². The minimum absolute atomic E-state index is 0.0470. The van der Waals surface area contributed by atoms with Crippen molar-refractivity contribution in [3.63, 3.8) is 0 Å². The fraction of sp³-hybridized carbons (Fsp3) is 0.733. The Labute approximate surface area is 126 Å². The van der Waals surface area contributed by atoms with Crippen molar-refractivity contribution in [1.29, 1.82) is 0 Å². The molecule has 21 heavy (non-hydrogen) atoms. The Morgan fingerprint density at radius 1 is 1.14 bits per heavy atom. The van der Waals surface area contributed by atoms with E-state index in [0.717, 1.165) is 42.9 Å². The molecule has 6 heteroatoms. The summed E-state index contributed by atoms with van der Waals surface area (Å²) >= 11 is 0. The van der Waals surface area contributed by atoms with Crippen molar-refractivity contribution in [1.82, 2.24) is 9.97 Å². The highest BCUT2D eigenvalue weighted by molar-refractivity contribution is 5.57. The maximum Gasteiger partial charge on any atom is 0.148 e. The molecule has 1 aliphatic rings. The number of nitrogen functional groups attached to an aromatic ring is 1. The summed E-state index contributed by atoms with van der Waals surface area (Å²) in [5.74, 6) is 7.69. The quantitative estimate of drug-likeness (QED) is 0.503. The van der Waals surface area contributed by atoms with Crippen LogP contribution in [0, 0.1) is 6.92 Å². The van der Waals surface area contributed by atoms with Crippen LogP contribution in [0.1, 0.15) is 57.8 Å². The molecule has 6 nitrogen and oxygen atoms in total. The largest absolute Gasteiger partial charge is 0.391 e. The van der Waals surface area contributed by atoms with Crippen LogP contribution in [0.2, 0.25) is 0 Å². The van der Waals surface area contributed by atoms with E-state index in [9.17, 15) is 5.11 Å². The second kappa shape index (κ2) is 6.15. The lowest BCUT2D eigenvalue weighted by atomic mass is 9.92. The van der Waals surface area contributed by atoms with Gasteiger partial charge in [0.2, 0.25) is 0 Å². The van der Waals surface area contributed by atoms with Crippen molar-refractivity contribution in [3.8, 4) is 0 Å². The first-order valence-corrected chi connectivity index (χ1v) is 7.63. The van der Waals surface area contributed by atoms with E-state index in [1.54, 1.807) is 0 Å². The Hall–Kier alpha value is -1.40. The number of hydrogen-bond donors (Lipinski definition) is 4. The lowest BCUT2D eigenvalue weighted by Crippen LogP contribution is -2.37. The molecule has 118 valence electrons. The predicted octanol–water partition coefficient (Wildman–Crippen LogP) is 2.08. The van der Waals surface area contributed by atoms with Gasteiger partial charge in [-0.15, -0.1) is 0 Å². The van der Waals surface area contributed by atoms with Crippen molar-refractivity contribution in [2.24, 2.45) is 5.84 Å². The SMILES string of the molecule is Cc1c(NN)nc(C(C)(C)C)nc1NC1CCCCC1O. The molecule has 1 aromatic rings. The van der Waals surface area contributed by atoms with E-state index in [2.05, 4.69) is 41.5 Å². The Bertz CT molecular complexity index is 498. The number of aliphatic hydroxyl groups excluding tert-OH is 1. The average molecular weight is 293 g/mol. The maximum atomic E-state index is 10.1. The lowest BCUT2D eigenvalue weighted by molar-refractivity contribution is 0.116. The molecule has 0 aromatic carbocycles. The molecule has 2 unspecified atom stereocenters. The van der Waals surface area contributed by atoms with Gasteiger partial charge in [-0.1, -0.05) is 33.6 Å². The molecule has 1 fully saturated rings. The average Bonchev–Trinajstić information content (AvgIpc) is 2.42. The molecular formula is C15H27N5O. The first kappa shape index (κ1) is 16.0. The third-order valence-corrected chi connectivity index (χ3v) is 4.00. The van der Waals surface area contributed by atoms with Gasteiger partial charge in [0.05, 0.1) is 12.1 Å². The number of rotatable bonds is 3. The Morgan fingerprint density at radius 2 is 1.76 bits per heavy atom. The fourth-order valence-corrected chi connectivity index (χ4v) is 2.59. The van der Waals surface area contributed by atoms with E-state index in [0.29, 0.717) is 5.82 Å². The van der Waals surface area contributed by atoms with Crippen LogP contribution in [-0.4, -0.2) is 27.2 Å². The molecule has 2 rings (SSSR count). The number of nitrogens with two attached hydrogens (primary N) is 1. The maximum absolute atomic E-state index is 10.1. The number of aromatic nitrogens is 2. The predicted molar refractivity (Wildman–Crippen MR) is 85.2 cm³/mol. The van der Waals surface area contributed by atoms with Gasteiger partial charge >= 0.3 is 0 Å². The van der Waals surface area contributed by atoms with Crippen LogP contribution in [0.5, 0.6) is 0 Å². The molecule has 0 bridgehead atoms. The molecule has 0 aliphatic heterocycles. The van der Waals surface area contributed by atoms with Crippen LogP contribution in [0.4, 0.5) is 11.6 Å². The summed E-state index contributed by atoms with van der Waals surface area (Å²) in [6.45, 7) is 8.13. The van der Waals surface area contributed by atoms with Gasteiger partial charge in [-0.2, -0.15) is 0 Å². The van der Waals surface area contributed by atoms with Crippen molar-refractivity contribution < 1.29 is 5.11 Å². The molecule has 2 atom stereocenters. The van der Waals surface area contributed by atoms with E-state index in [4.69, 9.17) is 5.84 Å². The highest BCUT2D eigenvalue weighted by Crippen LogP contribution is 2.28. The third-order valence-electron chi connectivity index (χ3n) is 4.00. The van der Waals surface area contributed by atoms with Gasteiger partial charge in [-0.3, -0.25) is 0 Å². The number of nitrogens with one attached hydrogen (secondary N) is 2. The summed E-state index contributed by atoms with van der Waals surface area (Å²) in [7, 11) is 0. The van der Waals surface area contributed by atoms with Crippen LogP contribution in [0.25, 0.3) is 0 Å². The molecule has 1 saturated carbocycles. The van der Waals surface area contributed by atoms with Gasteiger partial charge in [-0.05, 0) is 19.8 Å². The first-order valence-electron chi connectivity index (χ1n) is 7.63. The summed E-state index contributed by atoms with van der Waals surface area (Å²) < 4.78 is 0. The Morgan fingerprint density at radius 3 is 2.33 bits per heavy atom. The molecule has 1 heterocycles. The van der Waals surface area contributed by atoms with E-state index < -0.39 is 0 Å². The summed E-state index contributed by atoms with van der Waals surface area (Å²) in [6.07, 6.45) is 3.70. The number of hydrogen-bond acceptors (Lipinski definition) is 6. The second-order valence-electron chi connectivity index (χ2n) is 6.87. The molecule has 0 radical (unpaired) electrons. The van der Waals surface area contributed by atoms with Gasteiger partial charge in [-0.25, -0.2) is 15.8 Å². The summed E-state index contributed by atoms with van der Waals surface area (Å²) in [4.78, 5) is 9.14. The van der Waals surface area contributed by atoms with Crippen LogP contribution in [-0.2, 0) is 5.41 Å². The topological polar surface area (TPSA) is 96.1 Å². The zero-order valence-corrected chi connectivity index (χ0v) is 13.4. The second-order valence-corrected chi connectivity index (χ2v) is 6.87. The Kier molecular flexibility index (Phi) is 4.68. The smallest absolute Gasteiger partial charge is 0.148 e. The molecule has 1 aliphatic carbocycles. The van der Waals surface area contributed by atoms with Crippen molar-refractivity contribution in [2.75, 3.05) is 10.7 Å². The first-order chi connectivity index (χ1) is 9.82. The van der Waals surface area contributed by atoms with Gasteiger partial charge in [0.15, 0.2) is 0 Å². The summed E-state index contributed by atoms with van der Waals surface area (Å²) in [5.41, 5.74) is 3.36. The van der Waals surface area contributed by atoms with Crippen molar-refractivity contribution >= 4 is 11.6 Å². The monoisotopic (exact) mass is 293 g/mol. The minimum Gasteiger partial charge on any atom is -0.391 e. The highest BCUT2D eigenvalue weighted by atomic mass is 16.3. The molecule has 0 saturated heterocycles. The normalized spacial score (nSPS) is 23.0. The fourth-order valence-electron chi connectivity index (χ4n) is 2.59. The van der Waals surface area contributed by atoms with Gasteiger partial charge in [0.25, 0.3) is 0 Å².